The SMILES string of the molecule is Cc1ccc(S(=O)(=O)N2CCN(C(=O)CSCc3cc(Cl)c4c(c3)OCCO4)CC2)cc1. The molecule has 0 N–H and O–H groups in total. The Hall–Kier alpha value is -1.94. The van der Waals surface area contributed by atoms with Gasteiger partial charge in [-0.15, -0.1) is 11.8 Å². The molecule has 0 aromatic heterocycles. The predicted octanol–water partition coefficient (Wildman–Crippen LogP) is 3.19. The predicted molar refractivity (Wildman–Crippen MR) is 125 cm³/mol. The molecule has 1 fully saturated rings. The molecule has 4 rings (SSSR count). The zero-order chi connectivity index (χ0) is 22.7. The van der Waals surface area contributed by atoms with E-state index in [-0.39, 0.29) is 10.8 Å². The molecule has 0 spiro atoms. The van der Waals surface area contributed by atoms with E-state index in [1.165, 1.54) is 16.1 Å². The molecule has 32 heavy (non-hydrogen) atoms. The van der Waals surface area contributed by atoms with E-state index in [2.05, 4.69) is 0 Å². The van der Waals surface area contributed by atoms with Crippen LogP contribution in [-0.2, 0) is 20.6 Å². The average molecular weight is 497 g/mol. The molecule has 1 saturated heterocycles. The van der Waals surface area contributed by atoms with Crippen molar-refractivity contribution in [2.45, 2.75) is 17.6 Å². The summed E-state index contributed by atoms with van der Waals surface area (Å²) in [5, 5.41) is 0.509. The van der Waals surface area contributed by atoms with Crippen molar-refractivity contribution in [3.8, 4) is 11.5 Å². The lowest BCUT2D eigenvalue weighted by Crippen LogP contribution is -2.50. The highest BCUT2D eigenvalue weighted by Crippen LogP contribution is 2.39. The second-order valence-electron chi connectivity index (χ2n) is 7.69. The maximum atomic E-state index is 12.8. The van der Waals surface area contributed by atoms with E-state index in [1.54, 1.807) is 29.2 Å². The number of amides is 1. The number of piperazine rings is 1. The largest absolute Gasteiger partial charge is 0.486 e. The molecule has 172 valence electrons. The first-order valence-corrected chi connectivity index (χ1v) is 13.3. The molecule has 7 nitrogen and oxygen atoms in total. The van der Waals surface area contributed by atoms with Gasteiger partial charge in [0.25, 0.3) is 0 Å². The fourth-order valence-corrected chi connectivity index (χ4v) is 6.20. The third-order valence-electron chi connectivity index (χ3n) is 5.40. The van der Waals surface area contributed by atoms with Gasteiger partial charge in [0.05, 0.1) is 15.7 Å². The van der Waals surface area contributed by atoms with Crippen molar-refractivity contribution >= 4 is 39.3 Å². The molecular formula is C22H25ClN2O5S2. The number of thioether (sulfide) groups is 1. The quantitative estimate of drug-likeness (QED) is 0.611. The van der Waals surface area contributed by atoms with Gasteiger partial charge >= 0.3 is 0 Å². The van der Waals surface area contributed by atoms with Crippen molar-refractivity contribution in [3.05, 3.63) is 52.5 Å². The Morgan fingerprint density at radius 1 is 1.06 bits per heavy atom. The highest BCUT2D eigenvalue weighted by atomic mass is 35.5. The van der Waals surface area contributed by atoms with E-state index < -0.39 is 10.0 Å². The number of hydrogen-bond acceptors (Lipinski definition) is 6. The molecule has 10 heteroatoms. The molecule has 1 amide bonds. The van der Waals surface area contributed by atoms with Crippen LogP contribution in [0.5, 0.6) is 11.5 Å². The number of benzene rings is 2. The van der Waals surface area contributed by atoms with Gasteiger partial charge in [-0.25, -0.2) is 8.42 Å². The maximum absolute atomic E-state index is 12.8. The fraction of sp³-hybridized carbons (Fsp3) is 0.409. The molecular weight excluding hydrogens is 472 g/mol. The summed E-state index contributed by atoms with van der Waals surface area (Å²) in [7, 11) is -3.54. The standard InChI is InChI=1S/C22H25ClN2O5S2/c1-16-2-4-18(5-3-16)32(27,28)25-8-6-24(7-9-25)21(26)15-31-14-17-12-19(23)22-20(13-17)29-10-11-30-22/h2-5,12-13H,6-11,14-15H2,1H3. The molecule has 2 heterocycles. The van der Waals surface area contributed by atoms with E-state index in [0.717, 1.165) is 11.1 Å². The van der Waals surface area contributed by atoms with Gasteiger partial charge in [-0.2, -0.15) is 4.31 Å². The van der Waals surface area contributed by atoms with Gasteiger partial charge in [-0.1, -0.05) is 29.3 Å². The summed E-state index contributed by atoms with van der Waals surface area (Å²) in [5.74, 6) is 2.14. The number of sulfonamides is 1. The Morgan fingerprint density at radius 2 is 1.75 bits per heavy atom. The lowest BCUT2D eigenvalue weighted by atomic mass is 10.2. The summed E-state index contributed by atoms with van der Waals surface area (Å²) >= 11 is 7.76. The highest BCUT2D eigenvalue weighted by Gasteiger charge is 2.30. The number of nitrogens with zero attached hydrogens (tertiary/aromatic N) is 2. The van der Waals surface area contributed by atoms with Crippen LogP contribution >= 0.6 is 23.4 Å². The van der Waals surface area contributed by atoms with Crippen LogP contribution < -0.4 is 9.47 Å². The Kier molecular flexibility index (Phi) is 7.19. The van der Waals surface area contributed by atoms with Crippen molar-refractivity contribution in [1.29, 1.82) is 0 Å². The lowest BCUT2D eigenvalue weighted by Gasteiger charge is -2.34. The summed E-state index contributed by atoms with van der Waals surface area (Å²) < 4.78 is 38.2. The van der Waals surface area contributed by atoms with Gasteiger partial charge in [0, 0.05) is 31.9 Å². The van der Waals surface area contributed by atoms with Gasteiger partial charge in [-0.3, -0.25) is 4.79 Å². The van der Waals surface area contributed by atoms with Crippen molar-refractivity contribution in [1.82, 2.24) is 9.21 Å². The number of carbonyl (C=O) groups excluding carboxylic acids is 1. The molecule has 0 saturated carbocycles. The maximum Gasteiger partial charge on any atom is 0.243 e. The van der Waals surface area contributed by atoms with Crippen LogP contribution in [0.2, 0.25) is 5.02 Å². The molecule has 0 aliphatic carbocycles. The molecule has 0 unspecified atom stereocenters. The second kappa shape index (κ2) is 9.91. The first-order valence-electron chi connectivity index (χ1n) is 10.3. The Labute approximate surface area is 197 Å². The summed E-state index contributed by atoms with van der Waals surface area (Å²) in [6, 6.07) is 10.6. The third-order valence-corrected chi connectivity index (χ3v) is 8.58. The van der Waals surface area contributed by atoms with Crippen LogP contribution in [0.25, 0.3) is 0 Å². The third kappa shape index (κ3) is 5.17. The summed E-state index contributed by atoms with van der Waals surface area (Å²) in [4.78, 5) is 14.6. The number of aryl methyl sites for hydroxylation is 1. The van der Waals surface area contributed by atoms with Gasteiger partial charge in [0.2, 0.25) is 15.9 Å². The van der Waals surface area contributed by atoms with Crippen molar-refractivity contribution in [2.24, 2.45) is 0 Å². The van der Waals surface area contributed by atoms with Crippen LogP contribution in [0.15, 0.2) is 41.3 Å². The zero-order valence-electron chi connectivity index (χ0n) is 17.8. The Bertz CT molecular complexity index is 1080. The monoisotopic (exact) mass is 496 g/mol. The smallest absolute Gasteiger partial charge is 0.243 e. The summed E-state index contributed by atoms with van der Waals surface area (Å²) in [6.07, 6.45) is 0. The van der Waals surface area contributed by atoms with Gasteiger partial charge < -0.3 is 14.4 Å². The van der Waals surface area contributed by atoms with E-state index in [4.69, 9.17) is 21.1 Å². The van der Waals surface area contributed by atoms with Crippen LogP contribution in [0.1, 0.15) is 11.1 Å². The first-order chi connectivity index (χ1) is 15.3. The summed E-state index contributed by atoms with van der Waals surface area (Å²) in [6.45, 7) is 4.26. The summed E-state index contributed by atoms with van der Waals surface area (Å²) in [5.41, 5.74) is 1.97. The lowest BCUT2D eigenvalue weighted by molar-refractivity contribution is -0.129. The molecule has 0 bridgehead atoms. The Balaban J connectivity index is 1.27. The Morgan fingerprint density at radius 3 is 2.47 bits per heavy atom. The molecule has 2 aromatic rings. The average Bonchev–Trinajstić information content (AvgIpc) is 2.79. The molecule has 2 aliphatic heterocycles. The van der Waals surface area contributed by atoms with Crippen molar-refractivity contribution < 1.29 is 22.7 Å². The first kappa shape index (κ1) is 23.2. The molecule has 0 radical (unpaired) electrons. The minimum absolute atomic E-state index is 0.00558. The van der Waals surface area contributed by atoms with Gasteiger partial charge in [0.1, 0.15) is 13.2 Å². The number of fused-ring (bicyclic) bond motifs is 1. The zero-order valence-corrected chi connectivity index (χ0v) is 20.1. The van der Waals surface area contributed by atoms with Crippen LogP contribution in [0.3, 0.4) is 0 Å². The fourth-order valence-electron chi connectivity index (χ4n) is 3.63. The van der Waals surface area contributed by atoms with Crippen LogP contribution in [-0.4, -0.2) is 68.7 Å². The molecule has 0 atom stereocenters. The van der Waals surface area contributed by atoms with Gasteiger partial charge in [-0.05, 0) is 36.8 Å². The van der Waals surface area contributed by atoms with Gasteiger partial charge in [0.15, 0.2) is 11.5 Å². The van der Waals surface area contributed by atoms with E-state index in [0.29, 0.717) is 67.4 Å². The van der Waals surface area contributed by atoms with Crippen LogP contribution in [0, 0.1) is 6.92 Å². The second-order valence-corrected chi connectivity index (χ2v) is 11.0. The number of halogens is 1. The highest BCUT2D eigenvalue weighted by molar-refractivity contribution is 7.99. The van der Waals surface area contributed by atoms with Crippen molar-refractivity contribution in [3.63, 3.8) is 0 Å². The normalized spacial score (nSPS) is 16.8. The van der Waals surface area contributed by atoms with E-state index >= 15 is 0 Å². The molecule has 2 aromatic carbocycles. The number of rotatable bonds is 6. The molecule has 2 aliphatic rings. The van der Waals surface area contributed by atoms with Crippen LogP contribution in [0.4, 0.5) is 0 Å². The number of carbonyl (C=O) groups is 1. The minimum atomic E-state index is -3.54. The number of ether oxygens (including phenoxy) is 2. The number of hydrogen-bond donors (Lipinski definition) is 0. The topological polar surface area (TPSA) is 76.2 Å². The minimum Gasteiger partial charge on any atom is -0.486 e. The van der Waals surface area contributed by atoms with E-state index in [9.17, 15) is 13.2 Å². The van der Waals surface area contributed by atoms with Crippen molar-refractivity contribution in [2.75, 3.05) is 45.1 Å². The van der Waals surface area contributed by atoms with E-state index in [1.807, 2.05) is 19.1 Å².